The van der Waals surface area contributed by atoms with Crippen LogP contribution in [0.2, 0.25) is 0 Å². The van der Waals surface area contributed by atoms with Crippen molar-refractivity contribution >= 4 is 11.3 Å². The summed E-state index contributed by atoms with van der Waals surface area (Å²) >= 11 is 1.63. The van der Waals surface area contributed by atoms with E-state index in [1.807, 2.05) is 18.2 Å². The van der Waals surface area contributed by atoms with Crippen LogP contribution in [-0.2, 0) is 6.42 Å². The lowest BCUT2D eigenvalue weighted by Crippen LogP contribution is -1.80. The Balaban J connectivity index is 1.92. The number of benzene rings is 2. The number of hydrogen-bond acceptors (Lipinski definition) is 3. The molecule has 2 nitrogen and oxygen atoms in total. The van der Waals surface area contributed by atoms with Crippen molar-refractivity contribution in [2.24, 2.45) is 0 Å². The van der Waals surface area contributed by atoms with E-state index in [2.05, 4.69) is 53.5 Å². The summed E-state index contributed by atoms with van der Waals surface area (Å²) in [6, 6.07) is 18.7. The zero-order chi connectivity index (χ0) is 13.1. The number of rotatable bonds is 3. The fourth-order valence-electron chi connectivity index (χ4n) is 1.92. The second-order valence-electron chi connectivity index (χ2n) is 4.33. The molecule has 0 saturated heterocycles. The lowest BCUT2D eigenvalue weighted by molar-refractivity contribution is 1.10. The fraction of sp³-hybridized carbons (Fsp3) is 0.125. The Hall–Kier alpha value is -2.00. The Morgan fingerprint density at radius 2 is 1.37 bits per heavy atom. The van der Waals surface area contributed by atoms with Crippen LogP contribution in [0.15, 0.2) is 54.6 Å². The summed E-state index contributed by atoms with van der Waals surface area (Å²) in [7, 11) is 0. The molecule has 0 aliphatic rings. The first-order valence-electron chi connectivity index (χ1n) is 6.35. The van der Waals surface area contributed by atoms with E-state index in [-0.39, 0.29) is 0 Å². The molecular weight excluding hydrogens is 252 g/mol. The summed E-state index contributed by atoms with van der Waals surface area (Å²) in [6.45, 7) is 2.16. The first-order chi connectivity index (χ1) is 9.36. The van der Waals surface area contributed by atoms with Gasteiger partial charge in [-0.15, -0.1) is 10.2 Å². The van der Waals surface area contributed by atoms with Gasteiger partial charge in [0.1, 0.15) is 10.0 Å². The minimum atomic E-state index is 0.968. The Kier molecular flexibility index (Phi) is 3.38. The van der Waals surface area contributed by atoms with Crippen LogP contribution in [0.25, 0.3) is 21.1 Å². The molecule has 3 rings (SSSR count). The topological polar surface area (TPSA) is 25.8 Å². The molecule has 1 aromatic heterocycles. The lowest BCUT2D eigenvalue weighted by atomic mass is 10.1. The van der Waals surface area contributed by atoms with Gasteiger partial charge in [-0.1, -0.05) is 72.9 Å². The molecule has 0 aliphatic heterocycles. The van der Waals surface area contributed by atoms with E-state index in [0.29, 0.717) is 0 Å². The van der Waals surface area contributed by atoms with E-state index in [4.69, 9.17) is 0 Å². The van der Waals surface area contributed by atoms with Gasteiger partial charge >= 0.3 is 0 Å². The van der Waals surface area contributed by atoms with E-state index >= 15 is 0 Å². The summed E-state index contributed by atoms with van der Waals surface area (Å²) in [5.41, 5.74) is 3.60. The molecule has 0 aliphatic carbocycles. The van der Waals surface area contributed by atoms with E-state index in [9.17, 15) is 0 Å². The molecule has 0 fully saturated rings. The first kappa shape index (κ1) is 12.1. The number of aryl methyl sites for hydroxylation is 1. The average Bonchev–Trinajstić information content (AvgIpc) is 2.98. The predicted octanol–water partition coefficient (Wildman–Crippen LogP) is 4.43. The van der Waals surface area contributed by atoms with Crippen molar-refractivity contribution in [2.75, 3.05) is 0 Å². The quantitative estimate of drug-likeness (QED) is 0.700. The SMILES string of the molecule is CCc1ccc(-c2nnc(-c3ccccc3)s2)cc1. The second kappa shape index (κ2) is 5.33. The van der Waals surface area contributed by atoms with Crippen molar-refractivity contribution in [1.82, 2.24) is 10.2 Å². The molecule has 0 N–H and O–H groups in total. The summed E-state index contributed by atoms with van der Waals surface area (Å²) < 4.78 is 0. The molecule has 0 atom stereocenters. The summed E-state index contributed by atoms with van der Waals surface area (Å²) in [5, 5.41) is 10.5. The van der Waals surface area contributed by atoms with E-state index in [1.165, 1.54) is 5.56 Å². The Morgan fingerprint density at radius 1 is 0.789 bits per heavy atom. The third-order valence-electron chi connectivity index (χ3n) is 3.05. The molecule has 0 bridgehead atoms. The third kappa shape index (κ3) is 2.56. The van der Waals surface area contributed by atoms with Crippen LogP contribution in [0, 0.1) is 0 Å². The monoisotopic (exact) mass is 266 g/mol. The maximum atomic E-state index is 4.29. The van der Waals surface area contributed by atoms with Gasteiger partial charge in [0.05, 0.1) is 0 Å². The Morgan fingerprint density at radius 3 is 1.95 bits per heavy atom. The molecule has 19 heavy (non-hydrogen) atoms. The molecule has 0 radical (unpaired) electrons. The average molecular weight is 266 g/mol. The summed E-state index contributed by atoms with van der Waals surface area (Å²) in [4.78, 5) is 0. The highest BCUT2D eigenvalue weighted by Crippen LogP contribution is 2.29. The van der Waals surface area contributed by atoms with Gasteiger partial charge in [0.2, 0.25) is 0 Å². The molecule has 0 amide bonds. The van der Waals surface area contributed by atoms with Gasteiger partial charge in [-0.25, -0.2) is 0 Å². The molecule has 2 aromatic carbocycles. The molecule has 3 heteroatoms. The van der Waals surface area contributed by atoms with Crippen molar-refractivity contribution < 1.29 is 0 Å². The van der Waals surface area contributed by atoms with Crippen LogP contribution in [0.4, 0.5) is 0 Å². The highest BCUT2D eigenvalue weighted by atomic mass is 32.1. The van der Waals surface area contributed by atoms with Crippen LogP contribution in [0.1, 0.15) is 12.5 Å². The highest BCUT2D eigenvalue weighted by molar-refractivity contribution is 7.17. The third-order valence-corrected chi connectivity index (χ3v) is 4.08. The largest absolute Gasteiger partial charge is 0.148 e. The maximum absolute atomic E-state index is 4.29. The van der Waals surface area contributed by atoms with Crippen molar-refractivity contribution in [2.45, 2.75) is 13.3 Å². The van der Waals surface area contributed by atoms with E-state index < -0.39 is 0 Å². The smallest absolute Gasteiger partial charge is 0.138 e. The molecule has 94 valence electrons. The molecule has 0 unspecified atom stereocenters. The van der Waals surface area contributed by atoms with Crippen molar-refractivity contribution in [1.29, 1.82) is 0 Å². The van der Waals surface area contributed by atoms with E-state index in [1.54, 1.807) is 11.3 Å². The molecule has 3 aromatic rings. The van der Waals surface area contributed by atoms with Gasteiger partial charge in [0, 0.05) is 11.1 Å². The van der Waals surface area contributed by atoms with Crippen LogP contribution in [0.3, 0.4) is 0 Å². The standard InChI is InChI=1S/C16H14N2S/c1-2-12-8-10-14(11-9-12)16-18-17-15(19-16)13-6-4-3-5-7-13/h3-11H,2H2,1H3. The van der Waals surface area contributed by atoms with Gasteiger partial charge in [-0.3, -0.25) is 0 Å². The highest BCUT2D eigenvalue weighted by Gasteiger charge is 2.07. The van der Waals surface area contributed by atoms with Gasteiger partial charge < -0.3 is 0 Å². The maximum Gasteiger partial charge on any atom is 0.148 e. The van der Waals surface area contributed by atoms with Crippen LogP contribution in [0.5, 0.6) is 0 Å². The second-order valence-corrected chi connectivity index (χ2v) is 5.31. The van der Waals surface area contributed by atoms with Crippen molar-refractivity contribution in [3.8, 4) is 21.1 Å². The Labute approximate surface area is 116 Å². The molecule has 1 heterocycles. The number of nitrogens with zero attached hydrogens (tertiary/aromatic N) is 2. The normalized spacial score (nSPS) is 10.6. The van der Waals surface area contributed by atoms with Crippen molar-refractivity contribution in [3.05, 3.63) is 60.2 Å². The minimum absolute atomic E-state index is 0.968. The van der Waals surface area contributed by atoms with Crippen LogP contribution >= 0.6 is 11.3 Å². The Bertz CT molecular complexity index is 657. The minimum Gasteiger partial charge on any atom is -0.138 e. The predicted molar refractivity (Wildman–Crippen MR) is 80.2 cm³/mol. The summed E-state index contributed by atoms with van der Waals surface area (Å²) in [6.07, 6.45) is 1.06. The zero-order valence-electron chi connectivity index (χ0n) is 10.7. The van der Waals surface area contributed by atoms with Crippen molar-refractivity contribution in [3.63, 3.8) is 0 Å². The van der Waals surface area contributed by atoms with Gasteiger partial charge in [0.15, 0.2) is 0 Å². The van der Waals surface area contributed by atoms with Crippen LogP contribution < -0.4 is 0 Å². The van der Waals surface area contributed by atoms with Gasteiger partial charge in [-0.05, 0) is 12.0 Å². The number of aromatic nitrogens is 2. The zero-order valence-corrected chi connectivity index (χ0v) is 11.5. The van der Waals surface area contributed by atoms with Crippen LogP contribution in [-0.4, -0.2) is 10.2 Å². The van der Waals surface area contributed by atoms with E-state index in [0.717, 1.165) is 27.6 Å². The van der Waals surface area contributed by atoms with Gasteiger partial charge in [0.25, 0.3) is 0 Å². The number of hydrogen-bond donors (Lipinski definition) is 0. The molecule has 0 saturated carbocycles. The molecular formula is C16H14N2S. The fourth-order valence-corrected chi connectivity index (χ4v) is 2.77. The van der Waals surface area contributed by atoms with Gasteiger partial charge in [-0.2, -0.15) is 0 Å². The first-order valence-corrected chi connectivity index (χ1v) is 7.16. The molecule has 0 spiro atoms. The lowest BCUT2D eigenvalue weighted by Gasteiger charge is -1.98. The summed E-state index contributed by atoms with van der Waals surface area (Å²) in [5.74, 6) is 0.